The van der Waals surface area contributed by atoms with Gasteiger partial charge in [-0.1, -0.05) is 0 Å². The van der Waals surface area contributed by atoms with Gasteiger partial charge in [-0.25, -0.2) is 0 Å². The standard InChI is InChI=1S/La.Mg.Mn.O.2H/q;+2;;;2*-1. The molecule has 4 heteroatoms. The Hall–Kier alpha value is 2.28. The monoisotopic (exact) mass is 236 g/mol. The van der Waals surface area contributed by atoms with E-state index in [2.05, 4.69) is 0 Å². The summed E-state index contributed by atoms with van der Waals surface area (Å²) >= 11 is 1.69. The second-order valence-electron chi connectivity index (χ2n) is 0. The Labute approximate surface area is 80.0 Å². The SMILES string of the molecule is [H-].[H-].[La].[Mg+2].[O]=[Mn]. The van der Waals surface area contributed by atoms with E-state index in [1.54, 1.807) is 15.9 Å². The van der Waals surface area contributed by atoms with Crippen molar-refractivity contribution in [2.45, 2.75) is 0 Å². The molecule has 0 aliphatic heterocycles. The zero-order valence-corrected chi connectivity index (χ0v) is 8.29. The zero-order valence-electron chi connectivity index (χ0n) is 4.07. The maximum atomic E-state index is 8.06. The van der Waals surface area contributed by atoms with Crippen LogP contribution in [-0.4, -0.2) is 23.1 Å². The molecule has 1 radical (unpaired) electrons. The van der Waals surface area contributed by atoms with Crippen LogP contribution < -0.4 is 0 Å². The van der Waals surface area contributed by atoms with Crippen molar-refractivity contribution in [3.63, 3.8) is 0 Å². The van der Waals surface area contributed by atoms with Gasteiger partial charge in [0, 0.05) is 35.6 Å². The molecule has 0 heterocycles. The van der Waals surface area contributed by atoms with Crippen molar-refractivity contribution < 1.29 is 58.2 Å². The zero-order chi connectivity index (χ0) is 2.00. The average Bonchev–Trinajstić information content (AvgIpc) is 1.00. The van der Waals surface area contributed by atoms with Crippen molar-refractivity contribution in [3.05, 3.63) is 0 Å². The molecule has 0 aliphatic carbocycles. The minimum absolute atomic E-state index is 0. The van der Waals surface area contributed by atoms with Gasteiger partial charge >= 0.3 is 42.8 Å². The summed E-state index contributed by atoms with van der Waals surface area (Å²) in [5, 5.41) is 0. The van der Waals surface area contributed by atoms with Crippen LogP contribution in [0.5, 0.6) is 0 Å². The molecule has 0 aliphatic rings. The Morgan fingerprint density at radius 3 is 1.50 bits per heavy atom. The first-order valence-corrected chi connectivity index (χ1v) is 0.636. The molecule has 0 rings (SSSR count). The van der Waals surface area contributed by atoms with Crippen LogP contribution in [0.2, 0.25) is 0 Å². The molecule has 0 aromatic rings. The first-order valence-electron chi connectivity index (χ1n) is 0.154. The van der Waals surface area contributed by atoms with Gasteiger partial charge in [0.25, 0.3) is 0 Å². The predicted molar refractivity (Wildman–Crippen MR) is 8.66 cm³/mol. The van der Waals surface area contributed by atoms with Crippen LogP contribution in [0.1, 0.15) is 2.85 Å². The van der Waals surface area contributed by atoms with E-state index in [-0.39, 0.29) is 61.5 Å². The summed E-state index contributed by atoms with van der Waals surface area (Å²) in [7, 11) is 0. The van der Waals surface area contributed by atoms with Crippen LogP contribution >= 0.6 is 0 Å². The molecule has 0 aromatic heterocycles. The van der Waals surface area contributed by atoms with Gasteiger partial charge in [0.1, 0.15) is 0 Å². The topological polar surface area (TPSA) is 17.1 Å². The Morgan fingerprint density at radius 1 is 1.50 bits per heavy atom. The second kappa shape index (κ2) is 18.6. The van der Waals surface area contributed by atoms with Gasteiger partial charge in [0.05, 0.1) is 0 Å². The Bertz CT molecular complexity index is 13.5. The van der Waals surface area contributed by atoms with E-state index < -0.39 is 0 Å². The molecular weight excluding hydrogens is 234 g/mol. The molecule has 0 unspecified atom stereocenters. The van der Waals surface area contributed by atoms with Crippen LogP contribution in [0.25, 0.3) is 0 Å². The number of rotatable bonds is 0. The molecular formula is H2LaMgMnO. The Balaban J connectivity index is -0.000000000833. The fourth-order valence-electron chi connectivity index (χ4n) is 0. The second-order valence-corrected chi connectivity index (χ2v) is 0. The molecule has 0 amide bonds. The number of hydrogen-bond donors (Lipinski definition) is 0. The Kier molecular flexibility index (Phi) is 75.7. The van der Waals surface area contributed by atoms with Gasteiger partial charge in [-0.15, -0.1) is 0 Å². The molecule has 0 saturated carbocycles. The molecule has 4 heavy (non-hydrogen) atoms. The summed E-state index contributed by atoms with van der Waals surface area (Å²) in [6.45, 7) is 0. The van der Waals surface area contributed by atoms with Gasteiger partial charge in [-0.05, 0) is 0 Å². The van der Waals surface area contributed by atoms with E-state index in [9.17, 15) is 0 Å². The van der Waals surface area contributed by atoms with Crippen LogP contribution in [0.4, 0.5) is 0 Å². The first kappa shape index (κ1) is 16.3. The summed E-state index contributed by atoms with van der Waals surface area (Å²) in [4.78, 5) is 0. The van der Waals surface area contributed by atoms with E-state index >= 15 is 0 Å². The quantitative estimate of drug-likeness (QED) is 0.529. The van der Waals surface area contributed by atoms with Crippen LogP contribution in [-0.2, 0) is 19.8 Å². The summed E-state index contributed by atoms with van der Waals surface area (Å²) in [5.41, 5.74) is 0. The van der Waals surface area contributed by atoms with Crippen molar-refractivity contribution in [3.8, 4) is 0 Å². The van der Waals surface area contributed by atoms with Crippen LogP contribution in [0.15, 0.2) is 0 Å². The van der Waals surface area contributed by atoms with E-state index in [1.165, 1.54) is 0 Å². The first-order chi connectivity index (χ1) is 1.00. The molecule has 20 valence electrons. The molecule has 0 bridgehead atoms. The van der Waals surface area contributed by atoms with Crippen molar-refractivity contribution >= 4 is 23.1 Å². The Morgan fingerprint density at radius 2 is 1.50 bits per heavy atom. The predicted octanol–water partition coefficient (Wildman–Crippen LogP) is -0.277. The van der Waals surface area contributed by atoms with Gasteiger partial charge in [-0.3, -0.25) is 0 Å². The summed E-state index contributed by atoms with van der Waals surface area (Å²) in [5.74, 6) is 0. The van der Waals surface area contributed by atoms with Crippen molar-refractivity contribution in [1.29, 1.82) is 0 Å². The van der Waals surface area contributed by atoms with Crippen molar-refractivity contribution in [1.82, 2.24) is 0 Å². The van der Waals surface area contributed by atoms with E-state index in [1.807, 2.05) is 0 Å². The molecule has 0 aromatic carbocycles. The molecule has 1 nitrogen and oxygen atoms in total. The van der Waals surface area contributed by atoms with E-state index in [4.69, 9.17) is 3.83 Å². The molecule has 0 atom stereocenters. The van der Waals surface area contributed by atoms with Gasteiger partial charge in [-0.2, -0.15) is 0 Å². The molecule has 0 fully saturated rings. The van der Waals surface area contributed by atoms with Crippen molar-refractivity contribution in [2.24, 2.45) is 0 Å². The molecule has 0 spiro atoms. The van der Waals surface area contributed by atoms with Gasteiger partial charge in [0.2, 0.25) is 0 Å². The van der Waals surface area contributed by atoms with Crippen molar-refractivity contribution in [2.75, 3.05) is 0 Å². The summed E-state index contributed by atoms with van der Waals surface area (Å²) in [6, 6.07) is 0. The minimum atomic E-state index is 0. The maximum absolute atomic E-state index is 8.06. The summed E-state index contributed by atoms with van der Waals surface area (Å²) in [6.07, 6.45) is 0. The molecule has 0 N–H and O–H groups in total. The number of hydrogen-bond acceptors (Lipinski definition) is 1. The third kappa shape index (κ3) is 8.86. The summed E-state index contributed by atoms with van der Waals surface area (Å²) < 4.78 is 8.06. The van der Waals surface area contributed by atoms with Gasteiger partial charge < -0.3 is 2.85 Å². The third-order valence-electron chi connectivity index (χ3n) is 0. The van der Waals surface area contributed by atoms with Gasteiger partial charge in [0.15, 0.2) is 0 Å². The van der Waals surface area contributed by atoms with E-state index in [0.29, 0.717) is 0 Å². The average molecular weight is 236 g/mol. The molecule has 0 saturated heterocycles. The van der Waals surface area contributed by atoms with Crippen LogP contribution in [0.3, 0.4) is 0 Å². The van der Waals surface area contributed by atoms with Crippen LogP contribution in [0, 0.1) is 35.6 Å². The fourth-order valence-corrected chi connectivity index (χ4v) is 0. The fraction of sp³-hybridized carbons (Fsp3) is 0. The third-order valence-corrected chi connectivity index (χ3v) is 0. The van der Waals surface area contributed by atoms with E-state index in [0.717, 1.165) is 0 Å². The normalized spacial score (nSPS) is 1.00.